The maximum atomic E-state index is 6.08. The highest BCUT2D eigenvalue weighted by atomic mass is 35.5. The van der Waals surface area contributed by atoms with Crippen LogP contribution in [-0.2, 0) is 11.8 Å². The molecule has 0 amide bonds. The summed E-state index contributed by atoms with van der Waals surface area (Å²) in [7, 11) is 1.91. The summed E-state index contributed by atoms with van der Waals surface area (Å²) in [6.07, 6.45) is 5.62. The lowest BCUT2D eigenvalue weighted by Crippen LogP contribution is -2.38. The number of aromatic nitrogens is 4. The number of rotatable bonds is 3. The number of nitrogens with zero attached hydrogens (tertiary/aromatic N) is 5. The lowest BCUT2D eigenvalue weighted by molar-refractivity contribution is 0.0395. The van der Waals surface area contributed by atoms with Crippen molar-refractivity contribution < 1.29 is 4.74 Å². The molecular weight excluding hydrogens is 338 g/mol. The Morgan fingerprint density at radius 3 is 3.00 bits per heavy atom. The van der Waals surface area contributed by atoms with Crippen LogP contribution in [-0.4, -0.2) is 39.4 Å². The van der Waals surface area contributed by atoms with Gasteiger partial charge in [-0.05, 0) is 18.2 Å². The zero-order valence-electron chi connectivity index (χ0n) is 13.8. The Labute approximate surface area is 151 Å². The second-order valence-electron chi connectivity index (χ2n) is 6.00. The Hall–Kier alpha value is -2.44. The Bertz CT molecular complexity index is 881. The van der Waals surface area contributed by atoms with Crippen molar-refractivity contribution in [3.05, 3.63) is 59.5 Å². The fourth-order valence-corrected chi connectivity index (χ4v) is 3.15. The van der Waals surface area contributed by atoms with Gasteiger partial charge in [-0.1, -0.05) is 23.7 Å². The maximum Gasteiger partial charge on any atom is 0.161 e. The molecule has 128 valence electrons. The zero-order chi connectivity index (χ0) is 17.2. The van der Waals surface area contributed by atoms with Crippen molar-refractivity contribution >= 4 is 17.4 Å². The molecule has 0 spiro atoms. The summed E-state index contributed by atoms with van der Waals surface area (Å²) in [6.45, 7) is 2.18. The van der Waals surface area contributed by atoms with Crippen LogP contribution in [0.2, 0.25) is 5.02 Å². The van der Waals surface area contributed by atoms with E-state index in [9.17, 15) is 0 Å². The van der Waals surface area contributed by atoms with Gasteiger partial charge in [-0.2, -0.15) is 5.10 Å². The molecule has 3 aromatic rings. The normalized spacial score (nSPS) is 17.7. The molecule has 4 rings (SSSR count). The molecule has 6 nitrogen and oxygen atoms in total. The monoisotopic (exact) mass is 355 g/mol. The van der Waals surface area contributed by atoms with Gasteiger partial charge < -0.3 is 9.64 Å². The molecule has 0 aliphatic carbocycles. The molecule has 0 radical (unpaired) electrons. The molecule has 0 saturated carbocycles. The van der Waals surface area contributed by atoms with Crippen molar-refractivity contribution in [3.63, 3.8) is 0 Å². The fourth-order valence-electron chi connectivity index (χ4n) is 2.96. The van der Waals surface area contributed by atoms with Crippen molar-refractivity contribution in [1.82, 2.24) is 19.7 Å². The van der Waals surface area contributed by atoms with Crippen LogP contribution in [0.1, 0.15) is 11.7 Å². The number of morpholine rings is 1. The van der Waals surface area contributed by atoms with Crippen LogP contribution in [0.5, 0.6) is 0 Å². The molecule has 1 aliphatic heterocycles. The first-order valence-corrected chi connectivity index (χ1v) is 8.51. The number of hydrogen-bond donors (Lipinski definition) is 0. The first-order chi connectivity index (χ1) is 12.2. The average Bonchev–Trinajstić information content (AvgIpc) is 3.08. The average molecular weight is 356 g/mol. The molecule has 3 heterocycles. The van der Waals surface area contributed by atoms with E-state index in [1.165, 1.54) is 0 Å². The second kappa shape index (κ2) is 6.82. The standard InChI is InChI=1S/C18H18ClN5O/c1-23-11-14(10-21-23)16-12-24(7-8-25-16)17-5-6-20-18(22-17)13-3-2-4-15(19)9-13/h2-6,9-11,16H,7-8,12H2,1H3. The number of benzene rings is 1. The highest BCUT2D eigenvalue weighted by Crippen LogP contribution is 2.26. The summed E-state index contributed by atoms with van der Waals surface area (Å²) in [6, 6.07) is 9.51. The van der Waals surface area contributed by atoms with Crippen LogP contribution in [0.15, 0.2) is 48.9 Å². The van der Waals surface area contributed by atoms with Gasteiger partial charge in [-0.25, -0.2) is 9.97 Å². The number of halogens is 1. The zero-order valence-corrected chi connectivity index (χ0v) is 14.6. The summed E-state index contributed by atoms with van der Waals surface area (Å²) in [5.74, 6) is 1.56. The summed E-state index contributed by atoms with van der Waals surface area (Å²) in [4.78, 5) is 11.3. The van der Waals surface area contributed by atoms with Gasteiger partial charge in [-0.3, -0.25) is 4.68 Å². The third kappa shape index (κ3) is 3.50. The molecule has 7 heteroatoms. The van der Waals surface area contributed by atoms with Crippen LogP contribution in [0, 0.1) is 0 Å². The smallest absolute Gasteiger partial charge is 0.161 e. The summed E-state index contributed by atoms with van der Waals surface area (Å²) < 4.78 is 7.70. The fraction of sp³-hybridized carbons (Fsp3) is 0.278. The number of anilines is 1. The highest BCUT2D eigenvalue weighted by molar-refractivity contribution is 6.30. The molecule has 1 unspecified atom stereocenters. The Morgan fingerprint density at radius 2 is 2.20 bits per heavy atom. The van der Waals surface area contributed by atoms with E-state index in [1.807, 2.05) is 49.8 Å². The van der Waals surface area contributed by atoms with E-state index in [0.29, 0.717) is 17.5 Å². The first kappa shape index (κ1) is 16.1. The molecule has 1 aliphatic rings. The van der Waals surface area contributed by atoms with Crippen LogP contribution >= 0.6 is 11.6 Å². The van der Waals surface area contributed by atoms with Crippen molar-refractivity contribution in [2.24, 2.45) is 7.05 Å². The predicted molar refractivity (Wildman–Crippen MR) is 96.6 cm³/mol. The van der Waals surface area contributed by atoms with E-state index < -0.39 is 0 Å². The third-order valence-electron chi connectivity index (χ3n) is 4.21. The second-order valence-corrected chi connectivity index (χ2v) is 6.44. The molecule has 1 aromatic carbocycles. The molecular formula is C18H18ClN5O. The summed E-state index contributed by atoms with van der Waals surface area (Å²) in [5, 5.41) is 4.91. The van der Waals surface area contributed by atoms with Crippen LogP contribution in [0.4, 0.5) is 5.82 Å². The molecule has 0 N–H and O–H groups in total. The van der Waals surface area contributed by atoms with Gasteiger partial charge in [0, 0.05) is 48.7 Å². The minimum atomic E-state index is -0.00737. The molecule has 25 heavy (non-hydrogen) atoms. The van der Waals surface area contributed by atoms with Crippen LogP contribution in [0.25, 0.3) is 11.4 Å². The van der Waals surface area contributed by atoms with Crippen molar-refractivity contribution in [1.29, 1.82) is 0 Å². The Morgan fingerprint density at radius 1 is 1.28 bits per heavy atom. The predicted octanol–water partition coefficient (Wildman–Crippen LogP) is 3.11. The molecule has 0 bridgehead atoms. The van der Waals surface area contributed by atoms with Gasteiger partial charge in [0.2, 0.25) is 0 Å². The van der Waals surface area contributed by atoms with E-state index in [-0.39, 0.29) is 6.10 Å². The topological polar surface area (TPSA) is 56.1 Å². The Kier molecular flexibility index (Phi) is 4.38. The number of hydrogen-bond acceptors (Lipinski definition) is 5. The lowest BCUT2D eigenvalue weighted by atomic mass is 10.1. The minimum Gasteiger partial charge on any atom is -0.370 e. The number of aryl methyl sites for hydroxylation is 1. The summed E-state index contributed by atoms with van der Waals surface area (Å²) in [5.41, 5.74) is 1.99. The van der Waals surface area contributed by atoms with Crippen molar-refractivity contribution in [2.45, 2.75) is 6.10 Å². The van der Waals surface area contributed by atoms with Crippen molar-refractivity contribution in [2.75, 3.05) is 24.6 Å². The van der Waals surface area contributed by atoms with Gasteiger partial charge in [0.1, 0.15) is 11.9 Å². The maximum absolute atomic E-state index is 6.08. The molecule has 1 atom stereocenters. The van der Waals surface area contributed by atoms with E-state index in [1.54, 1.807) is 10.9 Å². The van der Waals surface area contributed by atoms with Crippen LogP contribution in [0.3, 0.4) is 0 Å². The number of ether oxygens (including phenoxy) is 1. The minimum absolute atomic E-state index is 0.00737. The first-order valence-electron chi connectivity index (χ1n) is 8.13. The highest BCUT2D eigenvalue weighted by Gasteiger charge is 2.24. The third-order valence-corrected chi connectivity index (χ3v) is 4.45. The van der Waals surface area contributed by atoms with Gasteiger partial charge in [0.25, 0.3) is 0 Å². The summed E-state index contributed by atoms with van der Waals surface area (Å²) >= 11 is 6.08. The lowest BCUT2D eigenvalue weighted by Gasteiger charge is -2.33. The molecule has 1 saturated heterocycles. The van der Waals surface area contributed by atoms with Gasteiger partial charge >= 0.3 is 0 Å². The van der Waals surface area contributed by atoms with Crippen LogP contribution < -0.4 is 4.90 Å². The largest absolute Gasteiger partial charge is 0.370 e. The molecule has 1 fully saturated rings. The Balaban J connectivity index is 1.58. The quantitative estimate of drug-likeness (QED) is 0.722. The van der Waals surface area contributed by atoms with Crippen molar-refractivity contribution in [3.8, 4) is 11.4 Å². The van der Waals surface area contributed by atoms with E-state index in [4.69, 9.17) is 21.3 Å². The van der Waals surface area contributed by atoms with E-state index in [0.717, 1.165) is 30.0 Å². The van der Waals surface area contributed by atoms with Gasteiger partial charge in [-0.15, -0.1) is 0 Å². The molecule has 2 aromatic heterocycles. The SMILES string of the molecule is Cn1cc(C2CN(c3ccnc(-c4cccc(Cl)c4)n3)CCO2)cn1. The van der Waals surface area contributed by atoms with Gasteiger partial charge in [0.05, 0.1) is 12.8 Å². The van der Waals surface area contributed by atoms with E-state index >= 15 is 0 Å². The van der Waals surface area contributed by atoms with Gasteiger partial charge in [0.15, 0.2) is 5.82 Å². The van der Waals surface area contributed by atoms with E-state index in [2.05, 4.69) is 15.0 Å².